The lowest BCUT2D eigenvalue weighted by Crippen LogP contribution is -2.27. The number of carbonyl (C=O) groups excluding carboxylic acids is 2. The van der Waals surface area contributed by atoms with E-state index in [1.54, 1.807) is 24.3 Å². The molecule has 0 saturated carbocycles. The van der Waals surface area contributed by atoms with Crippen LogP contribution in [-0.4, -0.2) is 47.1 Å². The highest BCUT2D eigenvalue weighted by Crippen LogP contribution is 2.16. The van der Waals surface area contributed by atoms with Gasteiger partial charge < -0.3 is 20.1 Å². The summed E-state index contributed by atoms with van der Waals surface area (Å²) in [5.74, 6) is -0.202. The van der Waals surface area contributed by atoms with Crippen LogP contribution in [0.1, 0.15) is 6.92 Å². The first-order valence-electron chi connectivity index (χ1n) is 8.69. The molecule has 0 aliphatic rings. The molecule has 156 valence electrons. The molecular weight excluding hydrogens is 398 g/mol. The third kappa shape index (κ3) is 7.53. The molecule has 0 aliphatic heterocycles. The smallest absolute Gasteiger partial charge is 0.262 e. The van der Waals surface area contributed by atoms with Gasteiger partial charge in [0.25, 0.3) is 5.91 Å². The molecule has 2 aromatic rings. The summed E-state index contributed by atoms with van der Waals surface area (Å²) in [5.41, 5.74) is 1.18. The van der Waals surface area contributed by atoms with Gasteiger partial charge in [0.05, 0.1) is 11.5 Å². The Morgan fingerprint density at radius 2 is 1.52 bits per heavy atom. The molecule has 0 unspecified atom stereocenters. The van der Waals surface area contributed by atoms with E-state index in [1.165, 1.54) is 38.3 Å². The molecule has 0 bridgehead atoms. The number of rotatable bonds is 10. The van der Waals surface area contributed by atoms with E-state index in [4.69, 9.17) is 9.47 Å². The standard InChI is InChI=1S/C19H23N3O6S/c1-14(23)21-15-3-5-16(6-4-15)22-19(24)13-28-17-7-9-18(10-8-17)29(25,26)20-11-12-27-2/h3-10,20H,11-13H2,1-2H3,(H,21,23)(H,22,24). The molecular formula is C19H23N3O6S. The fourth-order valence-electron chi connectivity index (χ4n) is 2.26. The number of anilines is 2. The van der Waals surface area contributed by atoms with Crippen LogP contribution in [-0.2, 0) is 24.3 Å². The van der Waals surface area contributed by atoms with Crippen molar-refractivity contribution in [3.8, 4) is 5.75 Å². The maximum absolute atomic E-state index is 12.1. The molecule has 2 amide bonds. The lowest BCUT2D eigenvalue weighted by atomic mass is 10.2. The molecule has 0 heterocycles. The zero-order chi connectivity index (χ0) is 21.3. The molecule has 0 aliphatic carbocycles. The number of carbonyl (C=O) groups is 2. The quantitative estimate of drug-likeness (QED) is 0.501. The molecule has 2 rings (SSSR count). The van der Waals surface area contributed by atoms with Crippen molar-refractivity contribution in [1.29, 1.82) is 0 Å². The Hall–Kier alpha value is -2.95. The van der Waals surface area contributed by atoms with Gasteiger partial charge in [-0.05, 0) is 48.5 Å². The molecule has 9 nitrogen and oxygen atoms in total. The minimum atomic E-state index is -3.62. The van der Waals surface area contributed by atoms with Gasteiger partial charge in [-0.1, -0.05) is 0 Å². The maximum atomic E-state index is 12.1. The topological polar surface area (TPSA) is 123 Å². The van der Waals surface area contributed by atoms with Crippen molar-refractivity contribution >= 4 is 33.2 Å². The summed E-state index contributed by atoms with van der Waals surface area (Å²) in [6, 6.07) is 12.4. The molecule has 0 radical (unpaired) electrons. The number of hydrogen-bond acceptors (Lipinski definition) is 6. The number of hydrogen-bond donors (Lipinski definition) is 3. The first-order valence-corrected chi connectivity index (χ1v) is 10.2. The van der Waals surface area contributed by atoms with E-state index in [9.17, 15) is 18.0 Å². The van der Waals surface area contributed by atoms with Crippen LogP contribution >= 0.6 is 0 Å². The molecule has 0 fully saturated rings. The Morgan fingerprint density at radius 3 is 2.07 bits per heavy atom. The van der Waals surface area contributed by atoms with Crippen molar-refractivity contribution in [3.63, 3.8) is 0 Å². The summed E-state index contributed by atoms with van der Waals surface area (Å²) in [7, 11) is -2.14. The predicted octanol–water partition coefficient (Wildman–Crippen LogP) is 1.59. The van der Waals surface area contributed by atoms with Gasteiger partial charge in [-0.3, -0.25) is 9.59 Å². The lowest BCUT2D eigenvalue weighted by molar-refractivity contribution is -0.118. The van der Waals surface area contributed by atoms with E-state index in [0.717, 1.165) is 0 Å². The Morgan fingerprint density at radius 1 is 0.931 bits per heavy atom. The van der Waals surface area contributed by atoms with E-state index in [-0.39, 0.29) is 36.5 Å². The average molecular weight is 421 g/mol. The Bertz CT molecular complexity index is 927. The minimum Gasteiger partial charge on any atom is -0.484 e. The van der Waals surface area contributed by atoms with Crippen molar-refractivity contribution in [3.05, 3.63) is 48.5 Å². The van der Waals surface area contributed by atoms with Gasteiger partial charge in [-0.25, -0.2) is 13.1 Å². The largest absolute Gasteiger partial charge is 0.484 e. The minimum absolute atomic E-state index is 0.0877. The molecule has 0 atom stereocenters. The zero-order valence-corrected chi connectivity index (χ0v) is 16.9. The highest BCUT2D eigenvalue weighted by atomic mass is 32.2. The van der Waals surface area contributed by atoms with Crippen LogP contribution in [0.15, 0.2) is 53.4 Å². The second kappa shape index (κ2) is 10.6. The fourth-order valence-corrected chi connectivity index (χ4v) is 3.28. The molecule has 0 spiro atoms. The number of methoxy groups -OCH3 is 1. The second-order valence-corrected chi connectivity index (χ2v) is 7.72. The van der Waals surface area contributed by atoms with Crippen molar-refractivity contribution in [2.75, 3.05) is 37.5 Å². The van der Waals surface area contributed by atoms with Crippen molar-refractivity contribution in [1.82, 2.24) is 4.72 Å². The molecule has 3 N–H and O–H groups in total. The van der Waals surface area contributed by atoms with Crippen LogP contribution < -0.4 is 20.1 Å². The molecule has 10 heteroatoms. The predicted molar refractivity (Wildman–Crippen MR) is 108 cm³/mol. The summed E-state index contributed by atoms with van der Waals surface area (Å²) < 4.78 is 36.7. The monoisotopic (exact) mass is 421 g/mol. The van der Waals surface area contributed by atoms with Gasteiger partial charge in [-0.2, -0.15) is 0 Å². The van der Waals surface area contributed by atoms with E-state index in [0.29, 0.717) is 17.1 Å². The molecule has 0 aromatic heterocycles. The van der Waals surface area contributed by atoms with E-state index in [2.05, 4.69) is 15.4 Å². The van der Waals surface area contributed by atoms with Gasteiger partial charge in [0.1, 0.15) is 5.75 Å². The van der Waals surface area contributed by atoms with Crippen LogP contribution in [0, 0.1) is 0 Å². The first-order chi connectivity index (χ1) is 13.8. The van der Waals surface area contributed by atoms with Gasteiger partial charge in [0.2, 0.25) is 15.9 Å². The summed E-state index contributed by atoms with van der Waals surface area (Å²) in [6.07, 6.45) is 0. The lowest BCUT2D eigenvalue weighted by Gasteiger charge is -2.10. The third-order valence-electron chi connectivity index (χ3n) is 3.59. The Balaban J connectivity index is 1.84. The molecule has 0 saturated heterocycles. The number of benzene rings is 2. The summed E-state index contributed by atoms with van der Waals surface area (Å²) in [5, 5.41) is 5.29. The maximum Gasteiger partial charge on any atom is 0.262 e. The summed E-state index contributed by atoms with van der Waals surface area (Å²) >= 11 is 0. The fraction of sp³-hybridized carbons (Fsp3) is 0.263. The number of sulfonamides is 1. The first kappa shape index (κ1) is 22.3. The van der Waals surface area contributed by atoms with Gasteiger partial charge in [-0.15, -0.1) is 0 Å². The highest BCUT2D eigenvalue weighted by molar-refractivity contribution is 7.89. The van der Waals surface area contributed by atoms with E-state index < -0.39 is 10.0 Å². The van der Waals surface area contributed by atoms with Crippen LogP contribution in [0.25, 0.3) is 0 Å². The third-order valence-corrected chi connectivity index (χ3v) is 5.07. The van der Waals surface area contributed by atoms with Gasteiger partial charge in [0.15, 0.2) is 6.61 Å². The van der Waals surface area contributed by atoms with E-state index in [1.807, 2.05) is 0 Å². The summed E-state index contributed by atoms with van der Waals surface area (Å²) in [6.45, 7) is 1.60. The number of ether oxygens (including phenoxy) is 2. The second-order valence-electron chi connectivity index (χ2n) is 5.96. The highest BCUT2D eigenvalue weighted by Gasteiger charge is 2.13. The van der Waals surface area contributed by atoms with Crippen LogP contribution in [0.5, 0.6) is 5.75 Å². The Labute approximate surface area is 169 Å². The normalized spacial score (nSPS) is 11.0. The van der Waals surface area contributed by atoms with Crippen molar-refractivity contribution in [2.24, 2.45) is 0 Å². The van der Waals surface area contributed by atoms with Gasteiger partial charge >= 0.3 is 0 Å². The van der Waals surface area contributed by atoms with E-state index >= 15 is 0 Å². The van der Waals surface area contributed by atoms with Gasteiger partial charge in [0, 0.05) is 32.0 Å². The van der Waals surface area contributed by atoms with Crippen LogP contribution in [0.3, 0.4) is 0 Å². The number of nitrogens with one attached hydrogen (secondary N) is 3. The SMILES string of the molecule is COCCNS(=O)(=O)c1ccc(OCC(=O)Nc2ccc(NC(C)=O)cc2)cc1. The van der Waals surface area contributed by atoms with Crippen LogP contribution in [0.2, 0.25) is 0 Å². The summed E-state index contributed by atoms with van der Waals surface area (Å²) in [4.78, 5) is 23.1. The number of amides is 2. The average Bonchev–Trinajstić information content (AvgIpc) is 2.68. The Kier molecular flexibility index (Phi) is 8.13. The van der Waals surface area contributed by atoms with Crippen LogP contribution in [0.4, 0.5) is 11.4 Å². The zero-order valence-electron chi connectivity index (χ0n) is 16.1. The molecule has 29 heavy (non-hydrogen) atoms. The van der Waals surface area contributed by atoms with Crippen molar-refractivity contribution < 1.29 is 27.5 Å². The van der Waals surface area contributed by atoms with Crippen molar-refractivity contribution in [2.45, 2.75) is 11.8 Å². The molecule has 2 aromatic carbocycles.